The summed E-state index contributed by atoms with van der Waals surface area (Å²) in [5, 5.41) is 9.42. The Hall–Kier alpha value is -1.71. The van der Waals surface area contributed by atoms with E-state index in [1.165, 1.54) is 38.5 Å². The van der Waals surface area contributed by atoms with Crippen LogP contribution in [0.4, 0.5) is 5.69 Å². The summed E-state index contributed by atoms with van der Waals surface area (Å²) in [4.78, 5) is 13.7. The normalized spacial score (nSPS) is 20.7. The van der Waals surface area contributed by atoms with E-state index in [0.717, 1.165) is 18.8 Å². The van der Waals surface area contributed by atoms with Crippen molar-refractivity contribution in [1.82, 2.24) is 0 Å². The predicted octanol–water partition coefficient (Wildman–Crippen LogP) is 3.55. The third kappa shape index (κ3) is 2.71. The first-order valence-corrected chi connectivity index (χ1v) is 7.80. The average molecular weight is 289 g/mol. The van der Waals surface area contributed by atoms with Crippen molar-refractivity contribution in [1.29, 1.82) is 0 Å². The summed E-state index contributed by atoms with van der Waals surface area (Å²) in [6.45, 7) is 2.00. The van der Waals surface area contributed by atoms with Crippen LogP contribution >= 0.6 is 0 Å². The molecule has 1 N–H and O–H groups in total. The molecule has 0 unspecified atom stereocenters. The predicted molar refractivity (Wildman–Crippen MR) is 82.3 cm³/mol. The highest BCUT2D eigenvalue weighted by Gasteiger charge is 2.43. The largest absolute Gasteiger partial charge is 0.497 e. The summed E-state index contributed by atoms with van der Waals surface area (Å²) in [6.07, 6.45) is 7.93. The van der Waals surface area contributed by atoms with Crippen LogP contribution in [0, 0.1) is 5.41 Å². The van der Waals surface area contributed by atoms with Crippen molar-refractivity contribution in [3.8, 4) is 5.75 Å². The molecule has 0 amide bonds. The molecule has 1 aromatic carbocycles. The van der Waals surface area contributed by atoms with Crippen LogP contribution in [0.15, 0.2) is 18.2 Å². The molecule has 1 aromatic rings. The Morgan fingerprint density at radius 1 is 1.19 bits per heavy atom. The van der Waals surface area contributed by atoms with Gasteiger partial charge in [0.2, 0.25) is 0 Å². The number of hydrogen-bond donors (Lipinski definition) is 1. The summed E-state index contributed by atoms with van der Waals surface area (Å²) in [5.41, 5.74) is 1.61. The van der Waals surface area contributed by atoms with Gasteiger partial charge in [-0.05, 0) is 31.0 Å². The van der Waals surface area contributed by atoms with Crippen LogP contribution in [-0.2, 0) is 0 Å². The molecule has 0 bridgehead atoms. The van der Waals surface area contributed by atoms with Crippen molar-refractivity contribution in [2.24, 2.45) is 5.41 Å². The fourth-order valence-electron chi connectivity index (χ4n) is 3.82. The summed E-state index contributed by atoms with van der Waals surface area (Å²) in [5.74, 6) is -0.286. The lowest BCUT2D eigenvalue weighted by Gasteiger charge is -2.52. The summed E-state index contributed by atoms with van der Waals surface area (Å²) in [7, 11) is 1.56. The van der Waals surface area contributed by atoms with Gasteiger partial charge in [-0.1, -0.05) is 25.7 Å². The van der Waals surface area contributed by atoms with E-state index in [2.05, 4.69) is 4.90 Å². The number of carbonyl (C=O) groups is 1. The Morgan fingerprint density at radius 2 is 1.86 bits per heavy atom. The highest BCUT2D eigenvalue weighted by Crippen LogP contribution is 2.45. The van der Waals surface area contributed by atoms with E-state index in [0.29, 0.717) is 16.7 Å². The van der Waals surface area contributed by atoms with Gasteiger partial charge < -0.3 is 14.7 Å². The van der Waals surface area contributed by atoms with Gasteiger partial charge in [0.25, 0.3) is 0 Å². The number of rotatable bonds is 3. The Bertz CT molecular complexity index is 525. The molecule has 114 valence electrons. The third-order valence-electron chi connectivity index (χ3n) is 4.99. The number of carboxylic acids is 1. The number of anilines is 1. The molecule has 0 atom stereocenters. The van der Waals surface area contributed by atoms with Crippen molar-refractivity contribution in [2.75, 3.05) is 25.1 Å². The van der Waals surface area contributed by atoms with Crippen LogP contribution < -0.4 is 9.64 Å². The third-order valence-corrected chi connectivity index (χ3v) is 4.99. The fraction of sp³-hybridized carbons (Fsp3) is 0.588. The molecule has 1 saturated heterocycles. The molecule has 2 aliphatic rings. The first-order chi connectivity index (χ1) is 10.1. The average Bonchev–Trinajstić information content (AvgIpc) is 2.71. The number of hydrogen-bond acceptors (Lipinski definition) is 3. The molecule has 0 aromatic heterocycles. The Balaban J connectivity index is 1.78. The van der Waals surface area contributed by atoms with Crippen LogP contribution in [0.25, 0.3) is 0 Å². The maximum Gasteiger partial charge on any atom is 0.337 e. The molecule has 4 nitrogen and oxygen atoms in total. The van der Waals surface area contributed by atoms with Gasteiger partial charge in [-0.2, -0.15) is 0 Å². The van der Waals surface area contributed by atoms with Crippen LogP contribution in [0.2, 0.25) is 0 Å². The molecule has 3 rings (SSSR count). The zero-order valence-corrected chi connectivity index (χ0v) is 12.6. The van der Waals surface area contributed by atoms with Crippen LogP contribution in [0.3, 0.4) is 0 Å². The fourth-order valence-corrected chi connectivity index (χ4v) is 3.82. The van der Waals surface area contributed by atoms with Crippen molar-refractivity contribution < 1.29 is 14.6 Å². The molecule has 1 aliphatic heterocycles. The lowest BCUT2D eigenvalue weighted by Crippen LogP contribution is -2.56. The number of aromatic carboxylic acids is 1. The van der Waals surface area contributed by atoms with E-state index in [1.54, 1.807) is 13.2 Å². The molecular formula is C17H23NO3. The minimum atomic E-state index is -0.884. The summed E-state index contributed by atoms with van der Waals surface area (Å²) in [6, 6.07) is 5.35. The molecule has 2 fully saturated rings. The number of benzene rings is 1. The molecule has 0 radical (unpaired) electrons. The highest BCUT2D eigenvalue weighted by atomic mass is 16.5. The first-order valence-electron chi connectivity index (χ1n) is 7.80. The molecular weight excluding hydrogens is 266 g/mol. The van der Waals surface area contributed by atoms with E-state index in [4.69, 9.17) is 4.74 Å². The SMILES string of the molecule is COc1ccc(N2CC3(CCCCCC3)C2)c(C(=O)O)c1. The number of ether oxygens (including phenoxy) is 1. The van der Waals surface area contributed by atoms with Crippen molar-refractivity contribution in [3.05, 3.63) is 23.8 Å². The first kappa shape index (κ1) is 14.2. The van der Waals surface area contributed by atoms with Gasteiger partial charge in [0.05, 0.1) is 18.4 Å². The Labute approximate surface area is 125 Å². The van der Waals surface area contributed by atoms with Gasteiger partial charge in [-0.15, -0.1) is 0 Å². The molecule has 1 heterocycles. The number of nitrogens with zero attached hydrogens (tertiary/aromatic N) is 1. The Morgan fingerprint density at radius 3 is 2.43 bits per heavy atom. The van der Waals surface area contributed by atoms with Gasteiger partial charge in [0.1, 0.15) is 5.75 Å². The van der Waals surface area contributed by atoms with E-state index in [1.807, 2.05) is 12.1 Å². The lowest BCUT2D eigenvalue weighted by molar-refractivity contribution is 0.0695. The Kier molecular flexibility index (Phi) is 3.79. The quantitative estimate of drug-likeness (QED) is 0.924. The molecule has 4 heteroatoms. The van der Waals surface area contributed by atoms with Gasteiger partial charge in [-0.25, -0.2) is 4.79 Å². The smallest absolute Gasteiger partial charge is 0.337 e. The highest BCUT2D eigenvalue weighted by molar-refractivity contribution is 5.95. The summed E-state index contributed by atoms with van der Waals surface area (Å²) < 4.78 is 5.14. The maximum absolute atomic E-state index is 11.5. The molecule has 1 aliphatic carbocycles. The van der Waals surface area contributed by atoms with Crippen LogP contribution in [0.5, 0.6) is 5.75 Å². The second-order valence-electron chi connectivity index (χ2n) is 6.46. The van der Waals surface area contributed by atoms with Crippen molar-refractivity contribution in [3.63, 3.8) is 0 Å². The molecule has 21 heavy (non-hydrogen) atoms. The standard InChI is InChI=1S/C17H23NO3/c1-21-13-6-7-15(14(10-13)16(19)20)18-11-17(12-18)8-4-2-3-5-9-17/h6-7,10H,2-5,8-9,11-12H2,1H3,(H,19,20). The topological polar surface area (TPSA) is 49.8 Å². The van der Waals surface area contributed by atoms with E-state index >= 15 is 0 Å². The molecule has 1 spiro atoms. The van der Waals surface area contributed by atoms with Crippen molar-refractivity contribution in [2.45, 2.75) is 38.5 Å². The van der Waals surface area contributed by atoms with Crippen LogP contribution in [0.1, 0.15) is 48.9 Å². The zero-order valence-electron chi connectivity index (χ0n) is 12.6. The molecule has 1 saturated carbocycles. The lowest BCUT2D eigenvalue weighted by atomic mass is 9.73. The number of carboxylic acid groups (broad SMARTS) is 1. The van der Waals surface area contributed by atoms with E-state index in [-0.39, 0.29) is 0 Å². The minimum absolute atomic E-state index is 0.345. The second kappa shape index (κ2) is 5.58. The maximum atomic E-state index is 11.5. The zero-order chi connectivity index (χ0) is 14.9. The van der Waals surface area contributed by atoms with E-state index < -0.39 is 5.97 Å². The summed E-state index contributed by atoms with van der Waals surface area (Å²) >= 11 is 0. The monoisotopic (exact) mass is 289 g/mol. The van der Waals surface area contributed by atoms with Gasteiger partial charge in [-0.3, -0.25) is 0 Å². The second-order valence-corrected chi connectivity index (χ2v) is 6.46. The van der Waals surface area contributed by atoms with Gasteiger partial charge in [0.15, 0.2) is 0 Å². The van der Waals surface area contributed by atoms with Crippen molar-refractivity contribution >= 4 is 11.7 Å². The van der Waals surface area contributed by atoms with Gasteiger partial charge in [0, 0.05) is 18.5 Å². The minimum Gasteiger partial charge on any atom is -0.497 e. The van der Waals surface area contributed by atoms with E-state index in [9.17, 15) is 9.90 Å². The van der Waals surface area contributed by atoms with Crippen LogP contribution in [-0.4, -0.2) is 31.3 Å². The number of methoxy groups -OCH3 is 1. The van der Waals surface area contributed by atoms with Gasteiger partial charge >= 0.3 is 5.97 Å².